The van der Waals surface area contributed by atoms with Gasteiger partial charge in [0, 0.05) is 0 Å². The van der Waals surface area contributed by atoms with E-state index in [1.54, 1.807) is 6.07 Å². The Morgan fingerprint density at radius 1 is 1.38 bits per heavy atom. The lowest BCUT2D eigenvalue weighted by Gasteiger charge is -2.15. The van der Waals surface area contributed by atoms with E-state index in [2.05, 4.69) is 6.58 Å². The maximum atomic E-state index is 13.5. The number of methoxy groups -OCH3 is 2. The molecule has 0 atom stereocenters. The summed E-state index contributed by atoms with van der Waals surface area (Å²) in [6.45, 7) is 4.31. The van der Waals surface area contributed by atoms with E-state index < -0.39 is 5.82 Å². The predicted molar refractivity (Wildman–Crippen MR) is 62.2 cm³/mol. The van der Waals surface area contributed by atoms with Crippen LogP contribution < -0.4 is 15.2 Å². The van der Waals surface area contributed by atoms with Crippen LogP contribution in [0.5, 0.6) is 11.5 Å². The van der Waals surface area contributed by atoms with Crippen LogP contribution in [0.25, 0.3) is 5.57 Å². The molecule has 0 aliphatic rings. The van der Waals surface area contributed by atoms with Crippen LogP contribution in [0.15, 0.2) is 18.7 Å². The van der Waals surface area contributed by atoms with Gasteiger partial charge in [-0.3, -0.25) is 0 Å². The Bertz CT molecular complexity index is 391. The van der Waals surface area contributed by atoms with E-state index in [-0.39, 0.29) is 5.75 Å². The maximum absolute atomic E-state index is 13.5. The van der Waals surface area contributed by atoms with Crippen molar-refractivity contribution < 1.29 is 13.9 Å². The number of hydrogen-bond donors (Lipinski definition) is 1. The lowest BCUT2D eigenvalue weighted by Crippen LogP contribution is -2.03. The second-order valence-electron chi connectivity index (χ2n) is 3.30. The van der Waals surface area contributed by atoms with Gasteiger partial charge in [-0.25, -0.2) is 4.39 Å². The first kappa shape index (κ1) is 12.5. The van der Waals surface area contributed by atoms with Crippen molar-refractivity contribution in [1.82, 2.24) is 0 Å². The molecule has 1 rings (SSSR count). The van der Waals surface area contributed by atoms with Crippen molar-refractivity contribution in [2.75, 3.05) is 20.8 Å². The third kappa shape index (κ3) is 2.33. The van der Waals surface area contributed by atoms with Crippen molar-refractivity contribution in [3.8, 4) is 11.5 Å². The van der Waals surface area contributed by atoms with Crippen molar-refractivity contribution in [2.45, 2.75) is 6.42 Å². The van der Waals surface area contributed by atoms with Crippen LogP contribution in [0, 0.1) is 5.82 Å². The van der Waals surface area contributed by atoms with Gasteiger partial charge in [-0.2, -0.15) is 0 Å². The van der Waals surface area contributed by atoms with Crippen molar-refractivity contribution >= 4 is 5.57 Å². The van der Waals surface area contributed by atoms with E-state index in [0.29, 0.717) is 29.9 Å². The predicted octanol–water partition coefficient (Wildman–Crippen LogP) is 2.20. The molecular formula is C12H16FNO2. The quantitative estimate of drug-likeness (QED) is 0.835. The van der Waals surface area contributed by atoms with Crippen LogP contribution in [-0.2, 0) is 0 Å². The standard InChI is InChI=1S/C12H16FNO2/c1-8(6-7-14)11-10(15-2)5-4-9(13)12(11)16-3/h4-5H,1,6-7,14H2,2-3H3. The monoisotopic (exact) mass is 225 g/mol. The Labute approximate surface area is 94.7 Å². The van der Waals surface area contributed by atoms with E-state index in [1.165, 1.54) is 20.3 Å². The number of hydrogen-bond acceptors (Lipinski definition) is 3. The molecule has 88 valence electrons. The zero-order valence-corrected chi connectivity index (χ0v) is 9.55. The highest BCUT2D eigenvalue weighted by Crippen LogP contribution is 2.37. The molecule has 1 aromatic rings. The molecule has 0 aliphatic carbocycles. The van der Waals surface area contributed by atoms with Gasteiger partial charge in [0.1, 0.15) is 5.75 Å². The Kier molecular flexibility index (Phi) is 4.31. The minimum Gasteiger partial charge on any atom is -0.496 e. The molecule has 4 heteroatoms. The number of ether oxygens (including phenoxy) is 2. The van der Waals surface area contributed by atoms with Crippen LogP contribution in [0.3, 0.4) is 0 Å². The topological polar surface area (TPSA) is 44.5 Å². The van der Waals surface area contributed by atoms with E-state index in [4.69, 9.17) is 15.2 Å². The van der Waals surface area contributed by atoms with Gasteiger partial charge in [0.05, 0.1) is 19.8 Å². The molecule has 3 nitrogen and oxygen atoms in total. The van der Waals surface area contributed by atoms with Crippen LogP contribution in [0.2, 0.25) is 0 Å². The highest BCUT2D eigenvalue weighted by Gasteiger charge is 2.17. The average Bonchev–Trinajstić information content (AvgIpc) is 2.28. The average molecular weight is 225 g/mol. The van der Waals surface area contributed by atoms with Crippen LogP contribution in [-0.4, -0.2) is 20.8 Å². The van der Waals surface area contributed by atoms with E-state index in [9.17, 15) is 4.39 Å². The fourth-order valence-corrected chi connectivity index (χ4v) is 1.54. The Hall–Kier alpha value is -1.55. The summed E-state index contributed by atoms with van der Waals surface area (Å²) in [5.41, 5.74) is 6.71. The summed E-state index contributed by atoms with van der Waals surface area (Å²) < 4.78 is 23.7. The lowest BCUT2D eigenvalue weighted by molar-refractivity contribution is 0.371. The normalized spacial score (nSPS) is 10.0. The number of benzene rings is 1. The maximum Gasteiger partial charge on any atom is 0.165 e. The SMILES string of the molecule is C=C(CCN)c1c(OC)ccc(F)c1OC. The van der Waals surface area contributed by atoms with Gasteiger partial charge in [-0.15, -0.1) is 0 Å². The van der Waals surface area contributed by atoms with E-state index >= 15 is 0 Å². The van der Waals surface area contributed by atoms with Gasteiger partial charge in [0.15, 0.2) is 11.6 Å². The van der Waals surface area contributed by atoms with Gasteiger partial charge in [0.25, 0.3) is 0 Å². The molecule has 0 aromatic heterocycles. The smallest absolute Gasteiger partial charge is 0.165 e. The summed E-state index contributed by atoms with van der Waals surface area (Å²) in [4.78, 5) is 0. The molecule has 0 saturated carbocycles. The third-order valence-corrected chi connectivity index (χ3v) is 2.30. The molecule has 0 unspecified atom stereocenters. The zero-order chi connectivity index (χ0) is 12.1. The number of rotatable bonds is 5. The minimum atomic E-state index is -0.434. The lowest BCUT2D eigenvalue weighted by atomic mass is 10.0. The fourth-order valence-electron chi connectivity index (χ4n) is 1.54. The van der Waals surface area contributed by atoms with E-state index in [1.807, 2.05) is 0 Å². The molecule has 16 heavy (non-hydrogen) atoms. The van der Waals surface area contributed by atoms with Crippen molar-refractivity contribution in [1.29, 1.82) is 0 Å². The minimum absolute atomic E-state index is 0.151. The summed E-state index contributed by atoms with van der Waals surface area (Å²) in [5.74, 6) is 0.256. The largest absolute Gasteiger partial charge is 0.496 e. The van der Waals surface area contributed by atoms with Crippen LogP contribution >= 0.6 is 0 Å². The summed E-state index contributed by atoms with van der Waals surface area (Å²) in [6, 6.07) is 2.85. The van der Waals surface area contributed by atoms with Gasteiger partial charge < -0.3 is 15.2 Å². The second-order valence-corrected chi connectivity index (χ2v) is 3.30. The summed E-state index contributed by atoms with van der Waals surface area (Å²) in [7, 11) is 2.93. The molecular weight excluding hydrogens is 209 g/mol. The summed E-state index contributed by atoms with van der Waals surface area (Å²) in [5, 5.41) is 0. The highest BCUT2D eigenvalue weighted by atomic mass is 19.1. The fraction of sp³-hybridized carbons (Fsp3) is 0.333. The Morgan fingerprint density at radius 2 is 2.06 bits per heavy atom. The Morgan fingerprint density at radius 3 is 2.56 bits per heavy atom. The number of halogens is 1. The molecule has 0 fully saturated rings. The van der Waals surface area contributed by atoms with Gasteiger partial charge in [-0.05, 0) is 30.7 Å². The van der Waals surface area contributed by atoms with Gasteiger partial charge >= 0.3 is 0 Å². The first-order chi connectivity index (χ1) is 7.65. The molecule has 0 aliphatic heterocycles. The van der Waals surface area contributed by atoms with E-state index in [0.717, 1.165) is 0 Å². The van der Waals surface area contributed by atoms with Crippen molar-refractivity contribution in [2.24, 2.45) is 5.73 Å². The molecule has 0 saturated heterocycles. The van der Waals surface area contributed by atoms with Crippen molar-refractivity contribution in [3.63, 3.8) is 0 Å². The van der Waals surface area contributed by atoms with Crippen molar-refractivity contribution in [3.05, 3.63) is 30.1 Å². The molecule has 0 heterocycles. The molecule has 2 N–H and O–H groups in total. The van der Waals surface area contributed by atoms with Gasteiger partial charge in [-0.1, -0.05) is 6.58 Å². The molecule has 0 amide bonds. The molecule has 0 bridgehead atoms. The molecule has 0 radical (unpaired) electrons. The molecule has 0 spiro atoms. The van der Waals surface area contributed by atoms with Crippen LogP contribution in [0.1, 0.15) is 12.0 Å². The first-order valence-corrected chi connectivity index (χ1v) is 4.94. The number of nitrogens with two attached hydrogens (primary N) is 1. The van der Waals surface area contributed by atoms with Gasteiger partial charge in [0.2, 0.25) is 0 Å². The third-order valence-electron chi connectivity index (χ3n) is 2.30. The summed E-state index contributed by atoms with van der Waals surface area (Å²) >= 11 is 0. The van der Waals surface area contributed by atoms with Crippen LogP contribution in [0.4, 0.5) is 4.39 Å². The zero-order valence-electron chi connectivity index (χ0n) is 9.55. The Balaban J connectivity index is 3.30. The first-order valence-electron chi connectivity index (χ1n) is 4.94. The molecule has 1 aromatic carbocycles. The highest BCUT2D eigenvalue weighted by molar-refractivity contribution is 5.74. The summed E-state index contributed by atoms with van der Waals surface area (Å²) in [6.07, 6.45) is 0.566. The second kappa shape index (κ2) is 5.51.